The molecule has 0 bridgehead atoms. The zero-order valence-electron chi connectivity index (χ0n) is 12.6. The summed E-state index contributed by atoms with van der Waals surface area (Å²) in [5.41, 5.74) is 0.684. The molecule has 0 radical (unpaired) electrons. The van der Waals surface area contributed by atoms with Crippen LogP contribution < -0.4 is 5.32 Å². The normalized spacial score (nSPS) is 12.3. The summed E-state index contributed by atoms with van der Waals surface area (Å²) in [4.78, 5) is 16.0. The Kier molecular flexibility index (Phi) is 5.83. The lowest BCUT2D eigenvalue weighted by atomic mass is 10.1. The van der Waals surface area contributed by atoms with Gasteiger partial charge in [-0.05, 0) is 18.1 Å². The number of nitrogens with one attached hydrogen (secondary N) is 1. The van der Waals surface area contributed by atoms with Crippen molar-refractivity contribution >= 4 is 22.4 Å². The van der Waals surface area contributed by atoms with Crippen molar-refractivity contribution in [2.45, 2.75) is 26.0 Å². The highest BCUT2D eigenvalue weighted by molar-refractivity contribution is 7.84. The molecule has 0 saturated carbocycles. The van der Waals surface area contributed by atoms with Gasteiger partial charge in [-0.1, -0.05) is 37.2 Å². The number of hydrogen-bond donors (Lipinski definition) is 1. The number of nitrogens with zero attached hydrogens (tertiary/aromatic N) is 2. The van der Waals surface area contributed by atoms with Gasteiger partial charge in [-0.3, -0.25) is 9.00 Å². The van der Waals surface area contributed by atoms with E-state index in [1.165, 1.54) is 0 Å². The number of benzene rings is 1. The number of carbonyl (C=O) groups is 1. The summed E-state index contributed by atoms with van der Waals surface area (Å²) in [6.45, 7) is 4.10. The van der Waals surface area contributed by atoms with Crippen molar-refractivity contribution in [3.63, 3.8) is 0 Å². The topological polar surface area (TPSA) is 85.1 Å². The third-order valence-electron chi connectivity index (χ3n) is 2.73. The minimum atomic E-state index is -1.37. The van der Waals surface area contributed by atoms with E-state index in [1.807, 2.05) is 18.2 Å². The van der Waals surface area contributed by atoms with Gasteiger partial charge >= 0.3 is 0 Å². The van der Waals surface area contributed by atoms with Crippen molar-refractivity contribution in [3.05, 3.63) is 42.0 Å². The third kappa shape index (κ3) is 5.40. The number of aromatic nitrogens is 2. The van der Waals surface area contributed by atoms with Crippen LogP contribution in [0.25, 0.3) is 0 Å². The van der Waals surface area contributed by atoms with E-state index in [4.69, 9.17) is 4.52 Å². The molecule has 7 heteroatoms. The predicted molar refractivity (Wildman–Crippen MR) is 84.6 cm³/mol. The summed E-state index contributed by atoms with van der Waals surface area (Å²) < 4.78 is 17.1. The highest BCUT2D eigenvalue weighted by Crippen LogP contribution is 2.08. The molecule has 0 aliphatic heterocycles. The molecule has 0 aliphatic carbocycles. The quantitative estimate of drug-likeness (QED) is 0.844. The second-order valence-corrected chi connectivity index (χ2v) is 6.80. The molecule has 1 atom stereocenters. The average molecular weight is 321 g/mol. The van der Waals surface area contributed by atoms with Gasteiger partial charge in [0.05, 0.1) is 5.75 Å². The van der Waals surface area contributed by atoms with Gasteiger partial charge < -0.3 is 9.84 Å². The van der Waals surface area contributed by atoms with Crippen molar-refractivity contribution in [1.82, 2.24) is 10.1 Å². The van der Waals surface area contributed by atoms with Crippen LogP contribution in [0.1, 0.15) is 25.6 Å². The van der Waals surface area contributed by atoms with E-state index in [0.717, 1.165) is 0 Å². The highest BCUT2D eigenvalue weighted by atomic mass is 32.2. The van der Waals surface area contributed by atoms with Crippen molar-refractivity contribution in [1.29, 1.82) is 0 Å². The van der Waals surface area contributed by atoms with Gasteiger partial charge in [-0.25, -0.2) is 0 Å². The molecule has 118 valence electrons. The van der Waals surface area contributed by atoms with Gasteiger partial charge in [0, 0.05) is 22.9 Å². The molecule has 0 aliphatic rings. The molecule has 0 spiro atoms. The summed E-state index contributed by atoms with van der Waals surface area (Å²) in [6.07, 6.45) is 0.689. The number of carbonyl (C=O) groups excluding carboxylic acids is 1. The van der Waals surface area contributed by atoms with Crippen molar-refractivity contribution in [2.75, 3.05) is 11.1 Å². The number of amides is 1. The van der Waals surface area contributed by atoms with Gasteiger partial charge in [0.1, 0.15) is 5.75 Å². The second kappa shape index (κ2) is 7.84. The van der Waals surface area contributed by atoms with E-state index < -0.39 is 10.8 Å². The molecular weight excluding hydrogens is 302 g/mol. The first-order valence-electron chi connectivity index (χ1n) is 7.04. The first-order valence-corrected chi connectivity index (χ1v) is 8.53. The zero-order chi connectivity index (χ0) is 15.9. The summed E-state index contributed by atoms with van der Waals surface area (Å²) in [5.74, 6) is 1.05. The van der Waals surface area contributed by atoms with Crippen molar-refractivity contribution < 1.29 is 13.5 Å². The Bertz CT molecular complexity index is 640. The average Bonchev–Trinajstić information content (AvgIpc) is 2.85. The summed E-state index contributed by atoms with van der Waals surface area (Å²) in [5, 5.41) is 6.48. The summed E-state index contributed by atoms with van der Waals surface area (Å²) in [6, 6.07) is 9.06. The van der Waals surface area contributed by atoms with Crippen LogP contribution in [0.3, 0.4) is 0 Å². The van der Waals surface area contributed by atoms with Crippen LogP contribution in [0.15, 0.2) is 34.9 Å². The van der Waals surface area contributed by atoms with E-state index in [2.05, 4.69) is 29.3 Å². The Morgan fingerprint density at radius 2 is 2.05 bits per heavy atom. The first kappa shape index (κ1) is 16.4. The van der Waals surface area contributed by atoms with Gasteiger partial charge in [0.15, 0.2) is 5.82 Å². The number of para-hydroxylation sites is 1. The van der Waals surface area contributed by atoms with E-state index in [0.29, 0.717) is 29.7 Å². The maximum absolute atomic E-state index is 12.0. The Morgan fingerprint density at radius 3 is 2.73 bits per heavy atom. The van der Waals surface area contributed by atoms with Gasteiger partial charge in [0.2, 0.25) is 11.8 Å². The highest BCUT2D eigenvalue weighted by Gasteiger charge is 2.14. The Morgan fingerprint density at radius 1 is 1.32 bits per heavy atom. The molecule has 22 heavy (non-hydrogen) atoms. The molecule has 1 heterocycles. The molecular formula is C15H19N3O3S. The third-order valence-corrected chi connectivity index (χ3v) is 3.90. The summed E-state index contributed by atoms with van der Waals surface area (Å²) >= 11 is 0. The van der Waals surface area contributed by atoms with Crippen LogP contribution in [0.5, 0.6) is 0 Å². The fraction of sp³-hybridized carbons (Fsp3) is 0.400. The Labute approximate surface area is 131 Å². The minimum absolute atomic E-state index is 0.0943. The fourth-order valence-electron chi connectivity index (χ4n) is 1.84. The van der Waals surface area contributed by atoms with E-state index in [1.54, 1.807) is 12.1 Å². The Balaban J connectivity index is 1.82. The van der Waals surface area contributed by atoms with E-state index in [9.17, 15) is 9.00 Å². The predicted octanol–water partition coefficient (Wildman–Crippen LogP) is 2.16. The van der Waals surface area contributed by atoms with Crippen LogP contribution in [0, 0.1) is 5.92 Å². The van der Waals surface area contributed by atoms with Crippen LogP contribution in [0.4, 0.5) is 5.69 Å². The monoisotopic (exact) mass is 321 g/mol. The first-order chi connectivity index (χ1) is 10.5. The molecule has 1 amide bonds. The maximum Gasteiger partial charge on any atom is 0.237 e. The van der Waals surface area contributed by atoms with Crippen LogP contribution in [-0.4, -0.2) is 26.0 Å². The molecule has 0 saturated heterocycles. The van der Waals surface area contributed by atoms with Crippen LogP contribution in [0.2, 0.25) is 0 Å². The smallest absolute Gasteiger partial charge is 0.237 e. The molecule has 0 fully saturated rings. The summed E-state index contributed by atoms with van der Waals surface area (Å²) in [7, 11) is -1.37. The maximum atomic E-state index is 12.0. The molecule has 2 rings (SSSR count). The van der Waals surface area contributed by atoms with Crippen molar-refractivity contribution in [3.8, 4) is 0 Å². The number of anilines is 1. The molecule has 0 unspecified atom stereocenters. The minimum Gasteiger partial charge on any atom is -0.339 e. The SMILES string of the molecule is CC(C)Cc1nc(C[S@](=O)CC(=O)Nc2ccccc2)no1. The molecule has 1 N–H and O–H groups in total. The molecule has 6 nitrogen and oxygen atoms in total. The van der Waals surface area contributed by atoms with Crippen LogP contribution in [-0.2, 0) is 27.8 Å². The van der Waals surface area contributed by atoms with Gasteiger partial charge in [-0.15, -0.1) is 0 Å². The second-order valence-electron chi connectivity index (χ2n) is 5.35. The van der Waals surface area contributed by atoms with Gasteiger partial charge in [0.25, 0.3) is 0 Å². The lowest BCUT2D eigenvalue weighted by Crippen LogP contribution is -2.20. The molecule has 1 aromatic heterocycles. The Hall–Kier alpha value is -2.02. The molecule has 1 aromatic carbocycles. The van der Waals surface area contributed by atoms with Crippen LogP contribution >= 0.6 is 0 Å². The lowest BCUT2D eigenvalue weighted by Gasteiger charge is -2.03. The molecule has 2 aromatic rings. The van der Waals surface area contributed by atoms with E-state index >= 15 is 0 Å². The largest absolute Gasteiger partial charge is 0.339 e. The standard InChI is InChI=1S/C15H19N3O3S/c1-11(2)8-15-17-13(18-21-15)9-22(20)10-14(19)16-12-6-4-3-5-7-12/h3-7,11H,8-10H2,1-2H3,(H,16,19)/t22-/m0/s1. The lowest BCUT2D eigenvalue weighted by molar-refractivity contribution is -0.113. The number of rotatable bonds is 7. The van der Waals surface area contributed by atoms with E-state index in [-0.39, 0.29) is 17.4 Å². The van der Waals surface area contributed by atoms with Gasteiger partial charge in [-0.2, -0.15) is 4.98 Å². The number of hydrogen-bond acceptors (Lipinski definition) is 5. The van der Waals surface area contributed by atoms with Crippen molar-refractivity contribution in [2.24, 2.45) is 5.92 Å². The zero-order valence-corrected chi connectivity index (χ0v) is 13.4. The fourth-order valence-corrected chi connectivity index (χ4v) is 2.71.